The van der Waals surface area contributed by atoms with Crippen LogP contribution in [0.5, 0.6) is 0 Å². The average molecular weight is 443 g/mol. The summed E-state index contributed by atoms with van der Waals surface area (Å²) in [5.41, 5.74) is 7.40. The van der Waals surface area contributed by atoms with E-state index in [2.05, 4.69) is 69.2 Å². The van der Waals surface area contributed by atoms with Crippen molar-refractivity contribution in [2.45, 2.75) is 108 Å². The minimum Gasteiger partial charge on any atom is -0.396 e. The topological polar surface area (TPSA) is 37.3 Å². The van der Waals surface area contributed by atoms with Crippen LogP contribution in [0.3, 0.4) is 0 Å². The molecule has 4 aliphatic carbocycles. The van der Waals surface area contributed by atoms with Gasteiger partial charge in [0.15, 0.2) is 0 Å². The van der Waals surface area contributed by atoms with Gasteiger partial charge in [0.2, 0.25) is 0 Å². The third-order valence-corrected chi connectivity index (χ3v) is 11.0. The Morgan fingerprint density at radius 2 is 1.19 bits per heavy atom. The van der Waals surface area contributed by atoms with Gasteiger partial charge in [-0.1, -0.05) is 91.5 Å². The SMILES string of the molecule is CC1C(C)(C)C2=C(C(C=O)CCC2)C1(C)C.CC1C(C)(C)C2=C(C(CO)CCC2)C1(C)C. The molecule has 4 unspecified atom stereocenters. The molecule has 1 N–H and O–H groups in total. The standard InChI is InChI=1S/C15H26O.C15H24O/c2*1-10-14(2,3)12-8-6-7-11(9-16)13(12)15(10,4)5/h10-11,16H,6-9H2,1-5H3;9-11H,6-8H2,1-5H3. The largest absolute Gasteiger partial charge is 0.396 e. The molecule has 0 aromatic rings. The lowest BCUT2D eigenvalue weighted by atomic mass is 9.68. The number of rotatable bonds is 2. The molecular weight excluding hydrogens is 392 g/mol. The van der Waals surface area contributed by atoms with Crippen LogP contribution >= 0.6 is 0 Å². The maximum atomic E-state index is 11.3. The first-order chi connectivity index (χ1) is 14.7. The van der Waals surface area contributed by atoms with Gasteiger partial charge in [-0.15, -0.1) is 0 Å². The summed E-state index contributed by atoms with van der Waals surface area (Å²) in [6.07, 6.45) is 8.35. The molecule has 182 valence electrons. The molecule has 4 rings (SSSR count). The van der Waals surface area contributed by atoms with Crippen LogP contribution in [0.15, 0.2) is 22.3 Å². The molecule has 0 aliphatic heterocycles. The van der Waals surface area contributed by atoms with Crippen molar-refractivity contribution < 1.29 is 9.90 Å². The summed E-state index contributed by atoms with van der Waals surface area (Å²) in [6, 6.07) is 0. The maximum Gasteiger partial charge on any atom is 0.127 e. The van der Waals surface area contributed by atoms with Crippen LogP contribution in [0.1, 0.15) is 108 Å². The molecule has 4 aliphatic rings. The highest BCUT2D eigenvalue weighted by Crippen LogP contribution is 2.63. The normalized spacial score (nSPS) is 36.2. The van der Waals surface area contributed by atoms with Crippen molar-refractivity contribution in [2.24, 2.45) is 45.3 Å². The second-order valence-electron chi connectivity index (χ2n) is 13.5. The van der Waals surface area contributed by atoms with Crippen LogP contribution in [0.25, 0.3) is 0 Å². The van der Waals surface area contributed by atoms with Crippen LogP contribution in [0.4, 0.5) is 0 Å². The molecule has 32 heavy (non-hydrogen) atoms. The number of aliphatic hydroxyl groups excluding tert-OH is 1. The third-order valence-electron chi connectivity index (χ3n) is 11.0. The molecule has 0 saturated heterocycles. The molecule has 0 heterocycles. The second-order valence-corrected chi connectivity index (χ2v) is 13.5. The highest BCUT2D eigenvalue weighted by Gasteiger charge is 2.53. The quantitative estimate of drug-likeness (QED) is 0.350. The molecular formula is C30H50O2. The summed E-state index contributed by atoms with van der Waals surface area (Å²) < 4.78 is 0. The zero-order chi connectivity index (χ0) is 24.3. The van der Waals surface area contributed by atoms with Crippen molar-refractivity contribution >= 4 is 6.29 Å². The van der Waals surface area contributed by atoms with Gasteiger partial charge in [0.05, 0.1) is 0 Å². The highest BCUT2D eigenvalue weighted by atomic mass is 16.3. The Balaban J connectivity index is 0.000000181. The third kappa shape index (κ3) is 3.68. The van der Waals surface area contributed by atoms with E-state index in [1.165, 1.54) is 44.0 Å². The fraction of sp³-hybridized carbons (Fsp3) is 0.833. The first-order valence-corrected chi connectivity index (χ1v) is 13.2. The number of hydrogen-bond donors (Lipinski definition) is 1. The zero-order valence-corrected chi connectivity index (χ0v) is 22.7. The fourth-order valence-electron chi connectivity index (χ4n) is 8.28. The van der Waals surface area contributed by atoms with E-state index in [0.29, 0.717) is 29.8 Å². The van der Waals surface area contributed by atoms with Crippen molar-refractivity contribution in [3.8, 4) is 0 Å². The molecule has 0 radical (unpaired) electrons. The number of hydrogen-bond acceptors (Lipinski definition) is 2. The van der Waals surface area contributed by atoms with Crippen LogP contribution < -0.4 is 0 Å². The Kier molecular flexibility index (Phi) is 6.75. The summed E-state index contributed by atoms with van der Waals surface area (Å²) >= 11 is 0. The van der Waals surface area contributed by atoms with Gasteiger partial charge in [-0.3, -0.25) is 0 Å². The van der Waals surface area contributed by atoms with Gasteiger partial charge < -0.3 is 9.90 Å². The van der Waals surface area contributed by atoms with E-state index in [-0.39, 0.29) is 22.2 Å². The Morgan fingerprint density at radius 3 is 1.66 bits per heavy atom. The van der Waals surface area contributed by atoms with Gasteiger partial charge >= 0.3 is 0 Å². The maximum absolute atomic E-state index is 11.3. The molecule has 0 aromatic heterocycles. The number of aldehydes is 1. The van der Waals surface area contributed by atoms with E-state index >= 15 is 0 Å². The summed E-state index contributed by atoms with van der Waals surface area (Å²) in [5, 5.41) is 9.59. The first kappa shape index (κ1) is 25.7. The van der Waals surface area contributed by atoms with Gasteiger partial charge in [-0.25, -0.2) is 0 Å². The van der Waals surface area contributed by atoms with E-state index < -0.39 is 0 Å². The average Bonchev–Trinajstić information content (AvgIpc) is 2.99. The summed E-state index contributed by atoms with van der Waals surface area (Å²) in [5.74, 6) is 1.94. The van der Waals surface area contributed by atoms with Gasteiger partial charge in [0, 0.05) is 18.4 Å². The molecule has 0 aromatic carbocycles. The Morgan fingerprint density at radius 1 is 0.750 bits per heavy atom. The summed E-state index contributed by atoms with van der Waals surface area (Å²) in [7, 11) is 0. The Hall–Kier alpha value is -0.890. The van der Waals surface area contributed by atoms with E-state index in [0.717, 1.165) is 6.42 Å². The lowest BCUT2D eigenvalue weighted by Crippen LogP contribution is -2.29. The van der Waals surface area contributed by atoms with Crippen LogP contribution in [-0.4, -0.2) is 18.0 Å². The smallest absolute Gasteiger partial charge is 0.127 e. The molecule has 2 heteroatoms. The van der Waals surface area contributed by atoms with E-state index in [1.807, 2.05) is 0 Å². The summed E-state index contributed by atoms with van der Waals surface area (Å²) in [4.78, 5) is 11.3. The van der Waals surface area contributed by atoms with Crippen molar-refractivity contribution in [3.63, 3.8) is 0 Å². The van der Waals surface area contributed by atoms with Crippen LogP contribution in [0.2, 0.25) is 0 Å². The predicted molar refractivity (Wildman–Crippen MR) is 135 cm³/mol. The highest BCUT2D eigenvalue weighted by molar-refractivity contribution is 5.62. The first-order valence-electron chi connectivity index (χ1n) is 13.2. The van der Waals surface area contributed by atoms with Crippen molar-refractivity contribution in [3.05, 3.63) is 22.3 Å². The molecule has 0 spiro atoms. The van der Waals surface area contributed by atoms with Crippen molar-refractivity contribution in [2.75, 3.05) is 6.61 Å². The van der Waals surface area contributed by atoms with Gasteiger partial charge in [0.1, 0.15) is 6.29 Å². The Labute approximate surface area is 198 Å². The number of aliphatic hydroxyl groups is 1. The van der Waals surface area contributed by atoms with Crippen LogP contribution in [0, 0.1) is 45.3 Å². The van der Waals surface area contributed by atoms with Gasteiger partial charge in [0.25, 0.3) is 0 Å². The molecule has 0 amide bonds. The van der Waals surface area contributed by atoms with Crippen LogP contribution in [-0.2, 0) is 4.79 Å². The van der Waals surface area contributed by atoms with E-state index in [4.69, 9.17) is 0 Å². The Bertz CT molecular complexity index is 805. The molecule has 0 fully saturated rings. The zero-order valence-electron chi connectivity index (χ0n) is 22.7. The lowest BCUT2D eigenvalue weighted by molar-refractivity contribution is -0.110. The second kappa shape index (κ2) is 8.40. The van der Waals surface area contributed by atoms with Gasteiger partial charge in [-0.2, -0.15) is 0 Å². The van der Waals surface area contributed by atoms with E-state index in [9.17, 15) is 9.90 Å². The minimum atomic E-state index is 0.197. The molecule has 4 atom stereocenters. The number of carbonyl (C=O) groups excluding carboxylic acids is 1. The van der Waals surface area contributed by atoms with Crippen molar-refractivity contribution in [1.29, 1.82) is 0 Å². The van der Waals surface area contributed by atoms with Crippen molar-refractivity contribution in [1.82, 2.24) is 0 Å². The lowest BCUT2D eigenvalue weighted by Gasteiger charge is -2.36. The summed E-state index contributed by atoms with van der Waals surface area (Å²) in [6.45, 7) is 23.9. The predicted octanol–water partition coefficient (Wildman–Crippen LogP) is 7.76. The van der Waals surface area contributed by atoms with Gasteiger partial charge in [-0.05, 0) is 72.0 Å². The monoisotopic (exact) mass is 442 g/mol. The van der Waals surface area contributed by atoms with E-state index in [1.54, 1.807) is 16.7 Å². The molecule has 0 saturated carbocycles. The minimum absolute atomic E-state index is 0.197. The molecule has 0 bridgehead atoms. The number of allylic oxidation sites excluding steroid dienone is 3. The fourth-order valence-corrected chi connectivity index (χ4v) is 8.28. The molecule has 2 nitrogen and oxygen atoms in total. The number of carbonyl (C=O) groups is 1.